The molecule has 0 bridgehead atoms. The summed E-state index contributed by atoms with van der Waals surface area (Å²) >= 11 is 0. The van der Waals surface area contributed by atoms with Gasteiger partial charge in [0.05, 0.1) is 100 Å². The molecule has 0 saturated carbocycles. The van der Waals surface area contributed by atoms with Gasteiger partial charge in [-0.25, -0.2) is 0 Å². The van der Waals surface area contributed by atoms with Crippen LogP contribution in [0.25, 0.3) is 0 Å². The molecular weight excluding hydrogens is 1270 g/mol. The van der Waals surface area contributed by atoms with Crippen molar-refractivity contribution < 1.29 is 165 Å². The number of carbonyl (C=O) groups is 1. The summed E-state index contributed by atoms with van der Waals surface area (Å²) in [4.78, 5) is 43.1. The number of nitrogens with zero attached hydrogens (tertiary/aromatic N) is 8. The van der Waals surface area contributed by atoms with Gasteiger partial charge in [0.2, 0.25) is 0 Å². The Bertz CT molecular complexity index is 2840. The minimum atomic E-state index is -3.71. The molecule has 0 aliphatic carbocycles. The molecule has 25 heteroatoms. The van der Waals surface area contributed by atoms with Crippen LogP contribution in [0.3, 0.4) is 0 Å². The molecule has 8 rings (SSSR count). The van der Waals surface area contributed by atoms with Crippen molar-refractivity contribution >= 4 is 16.6 Å². The quantitative estimate of drug-likeness (QED) is 0.0144. The third-order valence-electron chi connectivity index (χ3n) is 13.4. The fourth-order valence-corrected chi connectivity index (χ4v) is 9.60. The molecule has 0 spiro atoms. The first-order chi connectivity index (χ1) is 45.2. The maximum Gasteiger partial charge on any atom is 1.00 e. The molecule has 94 heavy (non-hydrogen) atoms. The summed E-state index contributed by atoms with van der Waals surface area (Å²) in [5.41, 5.74) is 7.52. The Hall–Kier alpha value is -3.67. The molecule has 0 radical (unpaired) electrons. The minimum Gasteiger partial charge on any atom is -1.00 e. The van der Waals surface area contributed by atoms with Gasteiger partial charge in [-0.15, -0.1) is 0 Å². The maximum absolute atomic E-state index is 11.9. The van der Waals surface area contributed by atoms with E-state index in [1.54, 1.807) is 12.1 Å². The summed E-state index contributed by atoms with van der Waals surface area (Å²) in [6.45, 7) is 20.8. The molecule has 1 fully saturated rings. The largest absolute Gasteiger partial charge is 1.00 e. The third-order valence-corrected chi connectivity index (χ3v) is 14.7. The number of ether oxygens (including phenoxy) is 7. The van der Waals surface area contributed by atoms with Crippen LogP contribution in [-0.4, -0.2) is 180 Å². The van der Waals surface area contributed by atoms with Crippen LogP contribution in [0, 0.1) is 12.8 Å². The molecular formula is C69H97K2N9O13S. The van der Waals surface area contributed by atoms with E-state index in [-0.39, 0.29) is 129 Å². The van der Waals surface area contributed by atoms with Crippen LogP contribution in [-0.2, 0) is 96.2 Å². The Kier molecular flexibility index (Phi) is 54.6. The predicted molar refractivity (Wildman–Crippen MR) is 351 cm³/mol. The van der Waals surface area contributed by atoms with Gasteiger partial charge < -0.3 is 50.0 Å². The Morgan fingerprint density at radius 2 is 0.883 bits per heavy atom. The first-order valence-corrected chi connectivity index (χ1v) is 32.9. The van der Waals surface area contributed by atoms with E-state index < -0.39 is 10.1 Å². The van der Waals surface area contributed by atoms with E-state index >= 15 is 0 Å². The van der Waals surface area contributed by atoms with Crippen molar-refractivity contribution in [1.82, 2.24) is 45.0 Å². The first-order valence-electron chi connectivity index (χ1n) is 31.5. The van der Waals surface area contributed by atoms with Crippen LogP contribution in [0.1, 0.15) is 74.3 Å². The molecule has 22 nitrogen and oxygen atoms in total. The number of aromatic nitrogens is 6. The molecule has 1 saturated heterocycles. The normalized spacial score (nSPS) is 11.5. The van der Waals surface area contributed by atoms with Crippen molar-refractivity contribution in [3.63, 3.8) is 0 Å². The van der Waals surface area contributed by atoms with E-state index in [9.17, 15) is 8.42 Å². The van der Waals surface area contributed by atoms with Gasteiger partial charge >= 0.3 is 103 Å². The molecule has 0 unspecified atom stereocenters. The van der Waals surface area contributed by atoms with Gasteiger partial charge in [-0.2, -0.15) is 8.42 Å². The van der Waals surface area contributed by atoms with Gasteiger partial charge in [-0.3, -0.25) is 48.7 Å². The second-order valence-electron chi connectivity index (χ2n) is 20.6. The first kappa shape index (κ1) is 86.4. The van der Waals surface area contributed by atoms with Crippen LogP contribution in [0.4, 0.5) is 0 Å². The molecule has 1 aliphatic rings. The van der Waals surface area contributed by atoms with Gasteiger partial charge in [-0.05, 0) is 150 Å². The van der Waals surface area contributed by atoms with Crippen LogP contribution < -0.4 is 113 Å². The van der Waals surface area contributed by atoms with Crippen LogP contribution in [0.2, 0.25) is 0 Å². The van der Waals surface area contributed by atoms with E-state index in [4.69, 9.17) is 47.4 Å². The topological polar surface area (TPSA) is 253 Å². The second kappa shape index (κ2) is 59.4. The van der Waals surface area contributed by atoms with Crippen molar-refractivity contribution in [2.45, 2.75) is 83.9 Å². The molecule has 1 aromatic carbocycles. The number of nitrogens with one attached hydrogen (secondary N) is 1. The van der Waals surface area contributed by atoms with E-state index in [0.717, 1.165) is 125 Å². The Labute approximate surface area is 644 Å². The van der Waals surface area contributed by atoms with Crippen LogP contribution >= 0.6 is 0 Å². The number of pyridine rings is 6. The maximum atomic E-state index is 11.9. The van der Waals surface area contributed by atoms with Crippen molar-refractivity contribution in [2.75, 3.05) is 125 Å². The number of aryl methyl sites for hydroxylation is 1. The van der Waals surface area contributed by atoms with Gasteiger partial charge in [-0.1, -0.05) is 54.1 Å². The fraction of sp³-hybridized carbons (Fsp3) is 0.464. The second-order valence-corrected chi connectivity index (χ2v) is 22.2. The van der Waals surface area contributed by atoms with Gasteiger partial charge in [0.25, 0.3) is 16.6 Å². The van der Waals surface area contributed by atoms with Crippen molar-refractivity contribution in [2.24, 2.45) is 5.92 Å². The average molecular weight is 1370 g/mol. The third kappa shape index (κ3) is 45.0. The average Bonchev–Trinajstić information content (AvgIpc) is 1.21. The molecule has 504 valence electrons. The van der Waals surface area contributed by atoms with E-state index in [1.807, 2.05) is 125 Å². The molecule has 0 atom stereocenters. The summed E-state index contributed by atoms with van der Waals surface area (Å²) in [6.07, 6.45) is 16.7. The Morgan fingerprint density at radius 3 is 1.27 bits per heavy atom. The number of hydrogen-bond donors (Lipinski definition) is 1. The molecule has 6 aromatic heterocycles. The minimum absolute atomic E-state index is 0. The summed E-state index contributed by atoms with van der Waals surface area (Å²) in [7, 11) is -3.71. The van der Waals surface area contributed by atoms with Gasteiger partial charge in [0.1, 0.15) is 0 Å². The van der Waals surface area contributed by atoms with Crippen molar-refractivity contribution in [3.8, 4) is 0 Å². The Morgan fingerprint density at radius 1 is 0.511 bits per heavy atom. The molecule has 1 aliphatic heterocycles. The zero-order chi connectivity index (χ0) is 65.5. The van der Waals surface area contributed by atoms with E-state index in [0.29, 0.717) is 78.6 Å². The number of rotatable bonds is 41. The summed E-state index contributed by atoms with van der Waals surface area (Å²) < 4.78 is 65.8. The fourth-order valence-electron chi connectivity index (χ4n) is 8.71. The summed E-state index contributed by atoms with van der Waals surface area (Å²) in [5.74, 6) is 0.515. The Balaban J connectivity index is 0.000000674. The molecule has 7 aromatic rings. The van der Waals surface area contributed by atoms with Crippen molar-refractivity contribution in [3.05, 3.63) is 210 Å². The monoisotopic (exact) mass is 1370 g/mol. The molecule has 0 amide bonds. The standard InChI is InChI=1S/C28H39N5O3.C21H24N4.C15H24O6S.C4H8O.CH2O3.2K.H/c1-2-34-19-20-36-22-21-35-18-17-32(23-26-9-3-6-12-29-26)15-16-33(24-27-10-4-7-13-30-27)25-28-11-5-8-14-31-28;1-4-11-23-19(7-1)15-18(16-20-8-2-5-12-24-20)10-14-22-17-21-9-3-6-13-25-21;1-3-18-8-9-19-10-11-20-12-13-21-22(16,17)15-6-4-14(2)5-7-15;1-2-4-5-3-1;2-1-4-3;;;/h3-14H,2,15-25H2,1H3;1-9,11-13,18,22H,10,14-17H2;4-7H,3,8-13H2,1-2H3;1-4H2;1,3H;;;/q;;;;;2*+1;-1/p-1. The van der Waals surface area contributed by atoms with E-state index in [2.05, 4.69) is 92.4 Å². The molecule has 7 heterocycles. The zero-order valence-electron chi connectivity index (χ0n) is 56.9. The van der Waals surface area contributed by atoms with Crippen molar-refractivity contribution in [1.29, 1.82) is 0 Å². The smallest absolute Gasteiger partial charge is 1.00 e. The summed E-state index contributed by atoms with van der Waals surface area (Å²) in [5, 5.41) is 11.9. The molecule has 1 N–H and O–H groups in total. The number of carbonyl (C=O) groups excluding carboxylic acids is 1. The predicted octanol–water partition coefficient (Wildman–Crippen LogP) is 2.02. The van der Waals surface area contributed by atoms with Crippen LogP contribution in [0.5, 0.6) is 0 Å². The zero-order valence-corrected chi connectivity index (χ0v) is 63.0. The van der Waals surface area contributed by atoms with Gasteiger partial charge in [0, 0.05) is 121 Å². The number of hydrogen-bond acceptors (Lipinski definition) is 22. The van der Waals surface area contributed by atoms with E-state index in [1.165, 1.54) is 25.0 Å². The summed E-state index contributed by atoms with van der Waals surface area (Å²) in [6, 6.07) is 42.9. The SMILES string of the molecule is C1CCOC1.CCOCCOCCOCCN(CCN(Cc1ccccn1)Cc1ccccn1)Cc1ccccn1.CCOCCOCCOCCOS(=O)(=O)c1ccc(C)cc1.O=CO[O-].[H-].[K+].[K+].c1ccc(CNCCC(Cc2ccccn2)Cc2ccccn2)nc1. The number of benzene rings is 1. The van der Waals surface area contributed by atoms with Crippen LogP contribution in [0.15, 0.2) is 176 Å². The van der Waals surface area contributed by atoms with Gasteiger partial charge in [0.15, 0.2) is 0 Å².